The zero-order chi connectivity index (χ0) is 23.9. The number of fused-ring (bicyclic) bond motifs is 3. The van der Waals surface area contributed by atoms with E-state index in [-0.39, 0.29) is 18.5 Å². The topological polar surface area (TPSA) is 70.4 Å². The number of aromatic nitrogens is 1. The Hall–Kier alpha value is -4.26. The van der Waals surface area contributed by atoms with Crippen molar-refractivity contribution in [2.24, 2.45) is 10.1 Å². The first kappa shape index (κ1) is 21.3. The lowest BCUT2D eigenvalue weighted by molar-refractivity contribution is -0.135. The maximum absolute atomic E-state index is 13.2. The second-order valence-electron chi connectivity index (χ2n) is 8.74. The van der Waals surface area contributed by atoms with Crippen LogP contribution in [0.5, 0.6) is 0 Å². The number of benzene rings is 2. The van der Waals surface area contributed by atoms with Crippen molar-refractivity contribution in [1.29, 1.82) is 0 Å². The lowest BCUT2D eigenvalue weighted by Crippen LogP contribution is -2.46. The lowest BCUT2D eigenvalue weighted by Gasteiger charge is -2.38. The van der Waals surface area contributed by atoms with Crippen LogP contribution < -0.4 is 5.01 Å². The molecule has 1 aliphatic carbocycles. The van der Waals surface area contributed by atoms with Gasteiger partial charge in [0.25, 0.3) is 0 Å². The fraction of sp³-hybridized carbons (Fsp3) is 0.214. The van der Waals surface area contributed by atoms with Crippen molar-refractivity contribution in [3.8, 4) is 0 Å². The number of hydrazone groups is 1. The summed E-state index contributed by atoms with van der Waals surface area (Å²) in [5.74, 6) is 0.352. The number of carbonyl (C=O) groups is 1. The summed E-state index contributed by atoms with van der Waals surface area (Å²) in [5.41, 5.74) is 7.40. The predicted molar refractivity (Wildman–Crippen MR) is 136 cm³/mol. The number of aryl methyl sites for hydroxylation is 2. The van der Waals surface area contributed by atoms with Crippen molar-refractivity contribution in [2.75, 3.05) is 11.6 Å². The third-order valence-corrected chi connectivity index (χ3v) is 6.67. The SMILES string of the molecule is CCOC(=O)C1=NN(c2ccccc2C)C2=NC3=C(CCc4ccccc43)[C@@H](c3cccnc3)N12. The first-order valence-corrected chi connectivity index (χ1v) is 11.9. The molecule has 0 saturated heterocycles. The van der Waals surface area contributed by atoms with Crippen LogP contribution in [0.25, 0.3) is 5.70 Å². The molecule has 0 N–H and O–H groups in total. The summed E-state index contributed by atoms with van der Waals surface area (Å²) < 4.78 is 5.44. The first-order valence-electron chi connectivity index (χ1n) is 11.9. The molecule has 7 heteroatoms. The fourth-order valence-corrected chi connectivity index (χ4v) is 5.09. The van der Waals surface area contributed by atoms with Crippen molar-refractivity contribution in [1.82, 2.24) is 9.88 Å². The summed E-state index contributed by atoms with van der Waals surface area (Å²) in [5, 5.41) is 6.57. The first-order chi connectivity index (χ1) is 17.2. The number of carbonyl (C=O) groups excluding carboxylic acids is 1. The molecular formula is C28H25N5O2. The zero-order valence-corrected chi connectivity index (χ0v) is 19.7. The molecule has 0 spiro atoms. The van der Waals surface area contributed by atoms with Crippen LogP contribution in [-0.4, -0.2) is 34.3 Å². The van der Waals surface area contributed by atoms with Crippen molar-refractivity contribution >= 4 is 29.1 Å². The van der Waals surface area contributed by atoms with Crippen LogP contribution in [0, 0.1) is 6.92 Å². The minimum absolute atomic E-state index is 0.230. The van der Waals surface area contributed by atoms with Gasteiger partial charge >= 0.3 is 5.97 Å². The van der Waals surface area contributed by atoms with E-state index in [0.717, 1.165) is 46.5 Å². The molecule has 0 unspecified atom stereocenters. The van der Waals surface area contributed by atoms with E-state index < -0.39 is 5.97 Å². The van der Waals surface area contributed by atoms with E-state index in [2.05, 4.69) is 29.2 Å². The second kappa shape index (κ2) is 8.51. The third kappa shape index (κ3) is 3.43. The van der Waals surface area contributed by atoms with Gasteiger partial charge in [0.05, 0.1) is 24.0 Å². The van der Waals surface area contributed by atoms with Crippen molar-refractivity contribution < 1.29 is 9.53 Å². The molecular weight excluding hydrogens is 438 g/mol. The Labute approximate surface area is 204 Å². The number of esters is 1. The van der Waals surface area contributed by atoms with Crippen LogP contribution in [0.2, 0.25) is 0 Å². The van der Waals surface area contributed by atoms with E-state index in [1.54, 1.807) is 18.1 Å². The number of ether oxygens (including phenoxy) is 1. The van der Waals surface area contributed by atoms with Crippen molar-refractivity contribution in [3.63, 3.8) is 0 Å². The third-order valence-electron chi connectivity index (χ3n) is 6.67. The molecule has 174 valence electrons. The molecule has 3 aromatic rings. The number of aliphatic imine (C=N–C) groups is 1. The summed E-state index contributed by atoms with van der Waals surface area (Å²) in [7, 11) is 0. The van der Waals surface area contributed by atoms with Gasteiger partial charge in [-0.15, -0.1) is 5.10 Å². The number of guanidine groups is 1. The Bertz CT molecular complexity index is 1410. The highest BCUT2D eigenvalue weighted by atomic mass is 16.5. The van der Waals surface area contributed by atoms with Gasteiger partial charge in [0.1, 0.15) is 0 Å². The number of hydrogen-bond donors (Lipinski definition) is 0. The van der Waals surface area contributed by atoms with Gasteiger partial charge in [0.15, 0.2) is 0 Å². The van der Waals surface area contributed by atoms with Gasteiger partial charge in [-0.1, -0.05) is 48.5 Å². The molecule has 0 saturated carbocycles. The summed E-state index contributed by atoms with van der Waals surface area (Å²) in [4.78, 5) is 24.7. The Balaban J connectivity index is 1.60. The van der Waals surface area contributed by atoms with Crippen LogP contribution in [0.1, 0.15) is 41.6 Å². The molecule has 3 aliphatic rings. The van der Waals surface area contributed by atoms with Crippen LogP contribution in [0.15, 0.2) is 88.7 Å². The fourth-order valence-electron chi connectivity index (χ4n) is 5.09. The molecule has 1 atom stereocenters. The van der Waals surface area contributed by atoms with Gasteiger partial charge in [-0.05, 0) is 61.1 Å². The average molecular weight is 464 g/mol. The highest BCUT2D eigenvalue weighted by Gasteiger charge is 2.47. The number of amidine groups is 1. The van der Waals surface area contributed by atoms with E-state index in [0.29, 0.717) is 5.96 Å². The van der Waals surface area contributed by atoms with E-state index in [9.17, 15) is 4.79 Å². The van der Waals surface area contributed by atoms with Crippen molar-refractivity contribution in [2.45, 2.75) is 32.7 Å². The Morgan fingerprint density at radius 3 is 2.69 bits per heavy atom. The number of hydrogen-bond acceptors (Lipinski definition) is 7. The van der Waals surface area contributed by atoms with Gasteiger partial charge in [0, 0.05) is 18.0 Å². The molecule has 2 aliphatic heterocycles. The molecule has 7 nitrogen and oxygen atoms in total. The number of para-hydroxylation sites is 1. The Kier molecular flexibility index (Phi) is 5.17. The van der Waals surface area contributed by atoms with Crippen molar-refractivity contribution in [3.05, 3.63) is 101 Å². The molecule has 35 heavy (non-hydrogen) atoms. The molecule has 3 heterocycles. The monoisotopic (exact) mass is 463 g/mol. The molecule has 6 rings (SSSR count). The zero-order valence-electron chi connectivity index (χ0n) is 19.7. The molecule has 1 aromatic heterocycles. The van der Waals surface area contributed by atoms with Gasteiger partial charge in [0.2, 0.25) is 11.8 Å². The highest BCUT2D eigenvalue weighted by Crippen LogP contribution is 2.46. The normalized spacial score (nSPS) is 18.4. The van der Waals surface area contributed by atoms with Gasteiger partial charge in [-0.25, -0.2) is 9.79 Å². The molecule has 0 fully saturated rings. The average Bonchev–Trinajstić information content (AvgIpc) is 3.27. The quantitative estimate of drug-likeness (QED) is 0.517. The van der Waals surface area contributed by atoms with Crippen LogP contribution >= 0.6 is 0 Å². The van der Waals surface area contributed by atoms with Crippen LogP contribution in [0.3, 0.4) is 0 Å². The maximum atomic E-state index is 13.2. The number of rotatable bonds is 4. The number of nitrogens with zero attached hydrogens (tertiary/aromatic N) is 5. The summed E-state index contributed by atoms with van der Waals surface area (Å²) in [6.45, 7) is 4.09. The van der Waals surface area contributed by atoms with E-state index in [1.165, 1.54) is 5.56 Å². The van der Waals surface area contributed by atoms with E-state index in [1.807, 2.05) is 54.4 Å². The summed E-state index contributed by atoms with van der Waals surface area (Å²) >= 11 is 0. The molecule has 0 radical (unpaired) electrons. The van der Waals surface area contributed by atoms with E-state index >= 15 is 0 Å². The van der Waals surface area contributed by atoms with Crippen LogP contribution in [0.4, 0.5) is 5.69 Å². The van der Waals surface area contributed by atoms with Crippen LogP contribution in [-0.2, 0) is 16.0 Å². The summed E-state index contributed by atoms with van der Waals surface area (Å²) in [6.07, 6.45) is 5.37. The molecule has 0 bridgehead atoms. The number of pyridine rings is 1. The largest absolute Gasteiger partial charge is 0.460 e. The summed E-state index contributed by atoms with van der Waals surface area (Å²) in [6, 6.07) is 20.1. The minimum atomic E-state index is -0.467. The molecule has 2 aromatic carbocycles. The second-order valence-corrected chi connectivity index (χ2v) is 8.74. The Morgan fingerprint density at radius 1 is 1.06 bits per heavy atom. The molecule has 0 amide bonds. The lowest BCUT2D eigenvalue weighted by atomic mass is 9.82. The standard InChI is InChI=1S/C28H25N5O2/c1-3-35-27(34)26-31-33(23-13-7-4-9-18(23)2)28-30-24-21-12-6-5-10-19(21)14-15-22(24)25(32(26)28)20-11-8-16-29-17-20/h4-13,16-17,25H,3,14-15H2,1-2H3/t25-/m1/s1. The maximum Gasteiger partial charge on any atom is 0.376 e. The van der Waals surface area contributed by atoms with Gasteiger partial charge < -0.3 is 4.74 Å². The smallest absolute Gasteiger partial charge is 0.376 e. The predicted octanol–water partition coefficient (Wildman–Crippen LogP) is 4.86. The number of anilines is 1. The minimum Gasteiger partial charge on any atom is -0.460 e. The highest BCUT2D eigenvalue weighted by molar-refractivity contribution is 6.41. The Morgan fingerprint density at radius 2 is 1.89 bits per heavy atom. The van der Waals surface area contributed by atoms with Gasteiger partial charge in [-0.3, -0.25) is 9.88 Å². The van der Waals surface area contributed by atoms with Gasteiger partial charge in [-0.2, -0.15) is 5.01 Å². The van der Waals surface area contributed by atoms with E-state index in [4.69, 9.17) is 14.8 Å².